The number of carbonyl (C=O) groups is 2. The van der Waals surface area contributed by atoms with Gasteiger partial charge >= 0.3 is 12.0 Å². The lowest BCUT2D eigenvalue weighted by atomic mass is 10.2. The molecule has 0 N–H and O–H groups in total. The lowest BCUT2D eigenvalue weighted by Crippen LogP contribution is -2.49. The fourth-order valence-electron chi connectivity index (χ4n) is 3.22. The summed E-state index contributed by atoms with van der Waals surface area (Å²) >= 11 is 0. The molecule has 1 heterocycles. The topological polar surface area (TPSA) is 49.9 Å². The second-order valence-corrected chi connectivity index (χ2v) is 5.83. The third-order valence-corrected chi connectivity index (χ3v) is 4.41. The molecule has 1 aliphatic heterocycles. The van der Waals surface area contributed by atoms with Gasteiger partial charge in [0.2, 0.25) is 0 Å². The highest BCUT2D eigenvalue weighted by atomic mass is 16.5. The molecule has 0 aromatic rings. The van der Waals surface area contributed by atoms with Crippen LogP contribution in [0.2, 0.25) is 0 Å². The van der Waals surface area contributed by atoms with E-state index in [0.29, 0.717) is 0 Å². The van der Waals surface area contributed by atoms with Gasteiger partial charge in [-0.25, -0.2) is 4.79 Å². The van der Waals surface area contributed by atoms with E-state index in [2.05, 4.69) is 0 Å². The van der Waals surface area contributed by atoms with Crippen molar-refractivity contribution < 1.29 is 14.3 Å². The Labute approximate surface area is 121 Å². The number of hydrogen-bond donors (Lipinski definition) is 0. The maximum Gasteiger partial charge on any atom is 0.325 e. The predicted molar refractivity (Wildman–Crippen MR) is 76.4 cm³/mol. The number of hydrogen-bond acceptors (Lipinski definition) is 3. The van der Waals surface area contributed by atoms with Gasteiger partial charge in [0.05, 0.1) is 7.11 Å². The van der Waals surface area contributed by atoms with Crippen molar-refractivity contribution in [1.29, 1.82) is 0 Å². The number of amides is 2. The van der Waals surface area contributed by atoms with Gasteiger partial charge in [0.15, 0.2) is 0 Å². The molecule has 5 nitrogen and oxygen atoms in total. The van der Waals surface area contributed by atoms with Crippen molar-refractivity contribution in [3.63, 3.8) is 0 Å². The quantitative estimate of drug-likeness (QED) is 0.747. The zero-order valence-corrected chi connectivity index (χ0v) is 12.5. The van der Waals surface area contributed by atoms with Crippen LogP contribution in [0.1, 0.15) is 51.4 Å². The standard InChI is InChI=1S/C15H26N2O3/c1-20-14(18)12-17(13-8-4-5-9-13)15(19)16-10-6-2-3-7-11-16/h13H,2-12H2,1H3. The van der Waals surface area contributed by atoms with Gasteiger partial charge < -0.3 is 14.5 Å². The molecule has 0 bridgehead atoms. The summed E-state index contributed by atoms with van der Waals surface area (Å²) in [4.78, 5) is 28.0. The first-order valence-corrected chi connectivity index (χ1v) is 7.84. The molecule has 0 spiro atoms. The second-order valence-electron chi connectivity index (χ2n) is 5.83. The molecule has 5 heteroatoms. The summed E-state index contributed by atoms with van der Waals surface area (Å²) in [5.74, 6) is -0.319. The van der Waals surface area contributed by atoms with Gasteiger partial charge in [0.25, 0.3) is 0 Å². The molecule has 0 aromatic heterocycles. The van der Waals surface area contributed by atoms with Crippen LogP contribution in [-0.4, -0.2) is 54.6 Å². The Bertz CT molecular complexity index is 332. The molecule has 2 rings (SSSR count). The van der Waals surface area contributed by atoms with Crippen molar-refractivity contribution in [2.24, 2.45) is 0 Å². The highest BCUT2D eigenvalue weighted by molar-refractivity contribution is 5.81. The van der Waals surface area contributed by atoms with Crippen molar-refractivity contribution in [1.82, 2.24) is 9.80 Å². The van der Waals surface area contributed by atoms with Gasteiger partial charge in [-0.1, -0.05) is 25.7 Å². The summed E-state index contributed by atoms with van der Waals surface area (Å²) in [6.45, 7) is 1.74. The number of carbonyl (C=O) groups excluding carboxylic acids is 2. The Morgan fingerprint density at radius 3 is 2.20 bits per heavy atom. The highest BCUT2D eigenvalue weighted by Crippen LogP contribution is 2.25. The van der Waals surface area contributed by atoms with Gasteiger partial charge in [-0.05, 0) is 25.7 Å². The molecule has 114 valence electrons. The zero-order chi connectivity index (χ0) is 14.4. The van der Waals surface area contributed by atoms with Crippen LogP contribution in [0.3, 0.4) is 0 Å². The highest BCUT2D eigenvalue weighted by Gasteiger charge is 2.31. The Hall–Kier alpha value is -1.26. The molecule has 0 unspecified atom stereocenters. The van der Waals surface area contributed by atoms with E-state index < -0.39 is 0 Å². The van der Waals surface area contributed by atoms with Gasteiger partial charge in [-0.15, -0.1) is 0 Å². The average molecular weight is 282 g/mol. The number of likely N-dealkylation sites (tertiary alicyclic amines) is 1. The number of esters is 1. The number of ether oxygens (including phenoxy) is 1. The van der Waals surface area contributed by atoms with E-state index in [0.717, 1.165) is 51.6 Å². The molecular weight excluding hydrogens is 256 g/mol. The normalized spacial score (nSPS) is 20.6. The molecule has 2 aliphatic rings. The van der Waals surface area contributed by atoms with Crippen LogP contribution in [0.15, 0.2) is 0 Å². The Kier molecular flexibility index (Phi) is 5.68. The molecule has 20 heavy (non-hydrogen) atoms. The molecule has 0 aromatic carbocycles. The van der Waals surface area contributed by atoms with Crippen LogP contribution in [-0.2, 0) is 9.53 Å². The summed E-state index contributed by atoms with van der Waals surface area (Å²) in [6, 6.07) is 0.244. The zero-order valence-electron chi connectivity index (χ0n) is 12.5. The van der Waals surface area contributed by atoms with Gasteiger partial charge in [-0.2, -0.15) is 0 Å². The largest absolute Gasteiger partial charge is 0.468 e. The van der Waals surface area contributed by atoms with Crippen LogP contribution >= 0.6 is 0 Å². The van der Waals surface area contributed by atoms with Crippen molar-refractivity contribution in [3.05, 3.63) is 0 Å². The van der Waals surface area contributed by atoms with Gasteiger partial charge in [0, 0.05) is 19.1 Å². The summed E-state index contributed by atoms with van der Waals surface area (Å²) < 4.78 is 4.75. The fraction of sp³-hybridized carbons (Fsp3) is 0.867. The predicted octanol–water partition coefficient (Wildman–Crippen LogP) is 2.40. The van der Waals surface area contributed by atoms with Crippen LogP contribution in [0.5, 0.6) is 0 Å². The monoisotopic (exact) mass is 282 g/mol. The van der Waals surface area contributed by atoms with Gasteiger partial charge in [0.1, 0.15) is 6.54 Å². The first-order valence-electron chi connectivity index (χ1n) is 7.84. The second kappa shape index (κ2) is 7.50. The fourth-order valence-corrected chi connectivity index (χ4v) is 3.22. The van der Waals surface area contributed by atoms with Crippen LogP contribution in [0, 0.1) is 0 Å². The van der Waals surface area contributed by atoms with Gasteiger partial charge in [-0.3, -0.25) is 4.79 Å². The van der Waals surface area contributed by atoms with Crippen molar-refractivity contribution in [2.45, 2.75) is 57.4 Å². The van der Waals surface area contributed by atoms with Crippen LogP contribution in [0.4, 0.5) is 4.79 Å². The SMILES string of the molecule is COC(=O)CN(C(=O)N1CCCCCC1)C1CCCC1. The third-order valence-electron chi connectivity index (χ3n) is 4.41. The van der Waals surface area contributed by atoms with Crippen LogP contribution in [0.25, 0.3) is 0 Å². The molecule has 2 fully saturated rings. The summed E-state index contributed by atoms with van der Waals surface area (Å²) in [6.07, 6.45) is 8.86. The minimum atomic E-state index is -0.319. The molecule has 0 radical (unpaired) electrons. The van der Waals surface area contributed by atoms with E-state index in [9.17, 15) is 9.59 Å². The minimum Gasteiger partial charge on any atom is -0.468 e. The maximum atomic E-state index is 12.7. The summed E-state index contributed by atoms with van der Waals surface area (Å²) in [7, 11) is 1.38. The molecule has 2 amide bonds. The van der Waals surface area contributed by atoms with E-state index in [4.69, 9.17) is 4.74 Å². The Morgan fingerprint density at radius 1 is 1.05 bits per heavy atom. The smallest absolute Gasteiger partial charge is 0.325 e. The summed E-state index contributed by atoms with van der Waals surface area (Å²) in [5.41, 5.74) is 0. The third kappa shape index (κ3) is 3.87. The molecule has 1 saturated heterocycles. The lowest BCUT2D eigenvalue weighted by Gasteiger charge is -2.33. The molecule has 1 aliphatic carbocycles. The minimum absolute atomic E-state index is 0.0317. The van der Waals surface area contributed by atoms with E-state index in [1.54, 1.807) is 4.90 Å². The van der Waals surface area contributed by atoms with E-state index in [1.165, 1.54) is 20.0 Å². The van der Waals surface area contributed by atoms with E-state index >= 15 is 0 Å². The first-order chi connectivity index (χ1) is 9.72. The average Bonchev–Trinajstić information content (AvgIpc) is 2.85. The maximum absolute atomic E-state index is 12.7. The van der Waals surface area contributed by atoms with Crippen LogP contribution < -0.4 is 0 Å². The molecule has 1 saturated carbocycles. The van der Waals surface area contributed by atoms with Crippen molar-refractivity contribution in [2.75, 3.05) is 26.7 Å². The number of rotatable bonds is 3. The lowest BCUT2D eigenvalue weighted by molar-refractivity contribution is -0.141. The molecule has 0 atom stereocenters. The molecular formula is C15H26N2O3. The Morgan fingerprint density at radius 2 is 1.65 bits per heavy atom. The number of nitrogens with zero attached hydrogens (tertiary/aromatic N) is 2. The number of urea groups is 1. The number of methoxy groups -OCH3 is 1. The van der Waals surface area contributed by atoms with E-state index in [1.807, 2.05) is 4.90 Å². The van der Waals surface area contributed by atoms with E-state index in [-0.39, 0.29) is 24.6 Å². The Balaban J connectivity index is 2.03. The van der Waals surface area contributed by atoms with Crippen molar-refractivity contribution in [3.8, 4) is 0 Å². The summed E-state index contributed by atoms with van der Waals surface area (Å²) in [5, 5.41) is 0. The van der Waals surface area contributed by atoms with Crippen molar-refractivity contribution >= 4 is 12.0 Å². The first kappa shape index (κ1) is 15.1.